The third-order valence-corrected chi connectivity index (χ3v) is 6.11. The van der Waals surface area contributed by atoms with Crippen LogP contribution in [0.4, 0.5) is 14.5 Å². The second-order valence-electron chi connectivity index (χ2n) is 8.24. The molecule has 0 aromatic heterocycles. The van der Waals surface area contributed by atoms with Crippen LogP contribution in [0, 0.1) is 0 Å². The molecule has 2 heterocycles. The molecule has 2 aromatic carbocycles. The van der Waals surface area contributed by atoms with Gasteiger partial charge in [-0.2, -0.15) is 8.78 Å². The summed E-state index contributed by atoms with van der Waals surface area (Å²) in [6.45, 7) is -0.180. The largest absolute Gasteiger partial charge is 0.388 e. The zero-order valence-corrected chi connectivity index (χ0v) is 18.3. The molecule has 4 rings (SSSR count). The molecule has 2 aliphatic rings. The third-order valence-electron chi connectivity index (χ3n) is 6.11. The average molecular weight is 466 g/mol. The minimum Gasteiger partial charge on any atom is -0.388 e. The number of anilines is 1. The summed E-state index contributed by atoms with van der Waals surface area (Å²) in [7, 11) is 7.69. The van der Waals surface area contributed by atoms with Crippen molar-refractivity contribution >= 4 is 37.2 Å². The van der Waals surface area contributed by atoms with Gasteiger partial charge >= 0.3 is 5.92 Å². The molecule has 3 N–H and O–H groups in total. The molecule has 0 spiro atoms. The van der Waals surface area contributed by atoms with Crippen LogP contribution in [-0.4, -0.2) is 48.9 Å². The number of hydrogen-bond acceptors (Lipinski definition) is 5. The number of piperidine rings is 1. The molecule has 2 aliphatic heterocycles. The molecule has 8 nitrogen and oxygen atoms in total. The second-order valence-corrected chi connectivity index (χ2v) is 8.24. The molecule has 34 heavy (non-hydrogen) atoms. The lowest BCUT2D eigenvalue weighted by molar-refractivity contribution is -0.147. The Hall–Kier alpha value is -3.76. The number of nitrogens with zero attached hydrogens (tertiary/aromatic N) is 1. The summed E-state index contributed by atoms with van der Waals surface area (Å²) < 4.78 is 29.5. The van der Waals surface area contributed by atoms with Gasteiger partial charge in [0.1, 0.15) is 7.85 Å². The Bertz CT molecular complexity index is 1210. The van der Waals surface area contributed by atoms with E-state index in [1.807, 2.05) is 0 Å². The van der Waals surface area contributed by atoms with Gasteiger partial charge in [-0.05, 0) is 29.7 Å². The van der Waals surface area contributed by atoms with Gasteiger partial charge < -0.3 is 15.5 Å². The first-order valence-electron chi connectivity index (χ1n) is 10.6. The number of halogens is 2. The summed E-state index contributed by atoms with van der Waals surface area (Å²) in [5, 5.41) is 7.05. The van der Waals surface area contributed by atoms with Gasteiger partial charge in [0, 0.05) is 37.8 Å². The van der Waals surface area contributed by atoms with Crippen molar-refractivity contribution in [2.75, 3.05) is 12.4 Å². The molecule has 2 aromatic rings. The first kappa shape index (κ1) is 23.4. The Morgan fingerprint density at radius 2 is 1.94 bits per heavy atom. The smallest absolute Gasteiger partial charge is 0.351 e. The fourth-order valence-corrected chi connectivity index (χ4v) is 4.17. The number of rotatable bonds is 6. The number of alkyl halides is 2. The van der Waals surface area contributed by atoms with Crippen molar-refractivity contribution in [3.63, 3.8) is 0 Å². The van der Waals surface area contributed by atoms with Crippen LogP contribution in [0.25, 0.3) is 0 Å². The lowest BCUT2D eigenvalue weighted by Crippen LogP contribution is -2.63. The van der Waals surface area contributed by atoms with Crippen LogP contribution in [0.2, 0.25) is 0 Å². The molecule has 174 valence electrons. The number of fused-ring (bicyclic) bond motifs is 1. The number of imide groups is 1. The molecule has 0 aliphatic carbocycles. The van der Waals surface area contributed by atoms with E-state index in [4.69, 9.17) is 7.85 Å². The molecule has 4 amide bonds. The number of hydrogen-bond donors (Lipinski definition) is 3. The van der Waals surface area contributed by atoms with Crippen LogP contribution in [0.3, 0.4) is 0 Å². The summed E-state index contributed by atoms with van der Waals surface area (Å²) in [5.41, 5.74) is -0.614. The standard InChI is InChI=1S/C23H21BF2N4O4/c1-27-17-5-3-2-4-16(17)23(25,26)21(34)28-11-13-6-7-15-14(10-13)12-30(19(15)32)22(24)9-8-18(31)29-20(22)33/h2-7,10,27H,8-9,11-12H2,1H3,(H,28,34)(H,29,31,33)/t22-/m1/s1. The fourth-order valence-electron chi connectivity index (χ4n) is 4.17. The van der Waals surface area contributed by atoms with Crippen molar-refractivity contribution in [2.45, 2.75) is 37.3 Å². The number of amides is 4. The molecular formula is C23H21BF2N4O4. The first-order valence-corrected chi connectivity index (χ1v) is 10.6. The monoisotopic (exact) mass is 466 g/mol. The molecule has 0 bridgehead atoms. The van der Waals surface area contributed by atoms with Gasteiger partial charge in [-0.15, -0.1) is 0 Å². The highest BCUT2D eigenvalue weighted by molar-refractivity contribution is 6.32. The second kappa shape index (κ2) is 8.55. The molecule has 2 radical (unpaired) electrons. The van der Waals surface area contributed by atoms with E-state index >= 15 is 0 Å². The number of carbonyl (C=O) groups is 4. The number of benzene rings is 2. The van der Waals surface area contributed by atoms with E-state index < -0.39 is 40.6 Å². The summed E-state index contributed by atoms with van der Waals surface area (Å²) in [5.74, 6) is -6.89. The predicted molar refractivity (Wildman–Crippen MR) is 119 cm³/mol. The van der Waals surface area contributed by atoms with E-state index in [1.54, 1.807) is 12.1 Å². The van der Waals surface area contributed by atoms with E-state index in [2.05, 4.69) is 16.0 Å². The van der Waals surface area contributed by atoms with E-state index in [0.717, 1.165) is 0 Å². The van der Waals surface area contributed by atoms with Gasteiger partial charge in [0.2, 0.25) is 11.8 Å². The molecule has 1 atom stereocenters. The quantitative estimate of drug-likeness (QED) is 0.441. The third kappa shape index (κ3) is 3.91. The van der Waals surface area contributed by atoms with Crippen molar-refractivity contribution < 1.29 is 28.0 Å². The minimum absolute atomic E-state index is 0.00450. The Kier molecular flexibility index (Phi) is 5.88. The Balaban J connectivity index is 1.47. The number of nitrogens with one attached hydrogen (secondary N) is 3. The topological polar surface area (TPSA) is 108 Å². The zero-order valence-electron chi connectivity index (χ0n) is 18.3. The van der Waals surface area contributed by atoms with Crippen LogP contribution >= 0.6 is 0 Å². The van der Waals surface area contributed by atoms with Crippen LogP contribution in [0.15, 0.2) is 42.5 Å². The van der Waals surface area contributed by atoms with E-state index in [-0.39, 0.29) is 31.6 Å². The van der Waals surface area contributed by atoms with Gasteiger partial charge in [-0.25, -0.2) is 0 Å². The Morgan fingerprint density at radius 3 is 2.65 bits per heavy atom. The van der Waals surface area contributed by atoms with Crippen LogP contribution < -0.4 is 16.0 Å². The summed E-state index contributed by atoms with van der Waals surface area (Å²) in [6.07, 6.45) is -0.00593. The zero-order chi connectivity index (χ0) is 24.7. The maximum atomic E-state index is 14.8. The Morgan fingerprint density at radius 1 is 1.21 bits per heavy atom. The van der Waals surface area contributed by atoms with Crippen molar-refractivity contribution in [1.29, 1.82) is 0 Å². The van der Waals surface area contributed by atoms with E-state index in [0.29, 0.717) is 16.7 Å². The van der Waals surface area contributed by atoms with Gasteiger partial charge in [0.05, 0.1) is 11.0 Å². The molecular weight excluding hydrogens is 445 g/mol. The summed E-state index contributed by atoms with van der Waals surface area (Å²) in [6, 6.07) is 10.3. The summed E-state index contributed by atoms with van der Waals surface area (Å²) >= 11 is 0. The highest BCUT2D eigenvalue weighted by atomic mass is 19.3. The average Bonchev–Trinajstić information content (AvgIpc) is 3.16. The van der Waals surface area contributed by atoms with E-state index in [1.165, 1.54) is 42.3 Å². The van der Waals surface area contributed by atoms with Gasteiger partial charge in [0.15, 0.2) is 0 Å². The van der Waals surface area contributed by atoms with Crippen molar-refractivity contribution in [2.24, 2.45) is 0 Å². The van der Waals surface area contributed by atoms with Crippen molar-refractivity contribution in [3.8, 4) is 0 Å². The SMILES string of the molecule is [B][C@@]1(N2Cc3cc(CNC(=O)C(F)(F)c4ccccc4NC)ccc3C2=O)CCC(=O)NC1=O. The van der Waals surface area contributed by atoms with Gasteiger partial charge in [-0.3, -0.25) is 24.5 Å². The molecule has 1 fully saturated rings. The van der Waals surface area contributed by atoms with Crippen LogP contribution in [0.5, 0.6) is 0 Å². The lowest BCUT2D eigenvalue weighted by atomic mass is 9.70. The number of para-hydroxylation sites is 1. The predicted octanol–water partition coefficient (Wildman–Crippen LogP) is 1.39. The van der Waals surface area contributed by atoms with Crippen LogP contribution in [0.1, 0.15) is 39.9 Å². The normalized spacial score (nSPS) is 20.1. The minimum atomic E-state index is -3.76. The highest BCUT2D eigenvalue weighted by Gasteiger charge is 2.48. The fraction of sp³-hybridized carbons (Fsp3) is 0.304. The van der Waals surface area contributed by atoms with Crippen molar-refractivity contribution in [3.05, 3.63) is 64.7 Å². The molecule has 0 unspecified atom stereocenters. The maximum absolute atomic E-state index is 14.8. The Labute approximate surface area is 195 Å². The lowest BCUT2D eigenvalue weighted by Gasteiger charge is -2.40. The van der Waals surface area contributed by atoms with Gasteiger partial charge in [-0.1, -0.05) is 30.3 Å². The van der Waals surface area contributed by atoms with Crippen LogP contribution in [-0.2, 0) is 33.4 Å². The summed E-state index contributed by atoms with van der Waals surface area (Å²) in [4.78, 5) is 50.2. The van der Waals surface area contributed by atoms with E-state index in [9.17, 15) is 28.0 Å². The molecule has 11 heteroatoms. The van der Waals surface area contributed by atoms with Crippen molar-refractivity contribution in [1.82, 2.24) is 15.5 Å². The maximum Gasteiger partial charge on any atom is 0.351 e. The highest BCUT2D eigenvalue weighted by Crippen LogP contribution is 2.35. The number of carbonyl (C=O) groups excluding carboxylic acids is 4. The molecule has 1 saturated heterocycles. The molecule has 0 saturated carbocycles. The first-order chi connectivity index (χ1) is 16.1. The van der Waals surface area contributed by atoms with Gasteiger partial charge in [0.25, 0.3) is 11.8 Å².